The van der Waals surface area contributed by atoms with E-state index in [0.717, 1.165) is 50.3 Å². The average Bonchev–Trinajstić information content (AvgIpc) is 1.64. The van der Waals surface area contributed by atoms with Crippen LogP contribution in [0, 0.1) is 12.7 Å². The number of amides is 4. The van der Waals surface area contributed by atoms with E-state index in [0.29, 0.717) is 81.4 Å². The Morgan fingerprint density at radius 1 is 0.422 bits per heavy atom. The standard InChI is InChI=1S/C22H23N3O3.C22H23N3O2.C21H20ClN3O2.C21H19FN2O3/c1-15-12-22(27,17-6-4-3-5-7-17)14-25(15)21(26)19-13-23-24-20(19)16-8-10-18(28-2)11-9-16;1-15-8-10-17(11-9-15)20-19(13-23-24-20)21(26)25-14-22(27,12-16(25)2)18-6-4-3-5-7-18;1-14-11-21(27,16-5-3-2-4-6-16)13-25(14)20(26)18-12-23-24-19(18)15-7-9-17(22)10-8-15;1-14-11-21(26,16-5-3-2-4-6-16)13-24(14)20(25)18-12-23-27-19(18)15-7-9-17(22)10-8-15/h3-11,13,15,27H,12,14H2,1-2H3,(H,23,24);3-11,13,16,27H,12,14H2,1-2H3,(H,23,24);2-10,12,14,27H,11,13H2,1H3,(H,23,24);2-10,12,14,26H,11,13H2,1H3. The van der Waals surface area contributed by atoms with Crippen molar-refractivity contribution in [2.24, 2.45) is 0 Å². The van der Waals surface area contributed by atoms with E-state index in [4.69, 9.17) is 20.9 Å². The number of halogens is 2. The van der Waals surface area contributed by atoms with Crippen molar-refractivity contribution in [3.05, 3.63) is 304 Å². The van der Waals surface area contributed by atoms with Crippen molar-refractivity contribution >= 4 is 35.2 Å². The second-order valence-corrected chi connectivity index (χ2v) is 29.1. The first kappa shape index (κ1) is 75.6. The fourth-order valence-corrected chi connectivity index (χ4v) is 15.4. The number of aliphatic hydroxyl groups is 4. The zero-order valence-electron chi connectivity index (χ0n) is 61.1. The van der Waals surface area contributed by atoms with Gasteiger partial charge in [0.25, 0.3) is 23.6 Å². The van der Waals surface area contributed by atoms with Gasteiger partial charge in [-0.2, -0.15) is 15.3 Å². The van der Waals surface area contributed by atoms with Crippen molar-refractivity contribution in [3.63, 3.8) is 0 Å². The summed E-state index contributed by atoms with van der Waals surface area (Å²) in [4.78, 5) is 59.7. The lowest BCUT2D eigenvalue weighted by Crippen LogP contribution is -2.36. The van der Waals surface area contributed by atoms with E-state index in [1.165, 1.54) is 18.3 Å². The Balaban J connectivity index is 0.000000128. The number of H-pyrrole nitrogens is 3. The third-order valence-electron chi connectivity index (χ3n) is 21.0. The van der Waals surface area contributed by atoms with Gasteiger partial charge in [-0.25, -0.2) is 4.39 Å². The molecule has 0 bridgehead atoms. The first-order chi connectivity index (χ1) is 52.4. The van der Waals surface area contributed by atoms with Crippen molar-refractivity contribution in [1.29, 1.82) is 0 Å². The zero-order chi connectivity index (χ0) is 76.8. The summed E-state index contributed by atoms with van der Waals surface area (Å²) in [5, 5.41) is 70.0. The van der Waals surface area contributed by atoms with Crippen LogP contribution in [0.3, 0.4) is 0 Å². The van der Waals surface area contributed by atoms with Crippen LogP contribution in [0.25, 0.3) is 45.1 Å². The molecule has 16 rings (SSSR count). The largest absolute Gasteiger partial charge is 0.497 e. The number of carbonyl (C=O) groups is 4. The maximum Gasteiger partial charge on any atom is 0.259 e. The second kappa shape index (κ2) is 32.0. The first-order valence-electron chi connectivity index (χ1n) is 36.1. The molecule has 4 amide bonds. The number of hydrogen-bond acceptors (Lipinski definition) is 14. The molecule has 4 aromatic heterocycles. The number of aromatic nitrogens is 7. The third-order valence-corrected chi connectivity index (χ3v) is 21.3. The van der Waals surface area contributed by atoms with Crippen LogP contribution in [0.5, 0.6) is 5.75 Å². The van der Waals surface area contributed by atoms with Crippen LogP contribution in [0.4, 0.5) is 4.39 Å². The maximum absolute atomic E-state index is 13.3. The molecule has 4 saturated heterocycles. The van der Waals surface area contributed by atoms with Gasteiger partial charge in [-0.05, 0) is 118 Å². The van der Waals surface area contributed by atoms with Crippen molar-refractivity contribution < 1.29 is 53.3 Å². The fourth-order valence-electron chi connectivity index (χ4n) is 15.2. The Bertz CT molecular complexity index is 4730. The van der Waals surface area contributed by atoms with E-state index >= 15 is 0 Å². The normalized spacial score (nSPS) is 22.1. The molecular weight excluding hydrogens is 1400 g/mol. The van der Waals surface area contributed by atoms with Gasteiger partial charge in [0.15, 0.2) is 5.76 Å². The summed E-state index contributed by atoms with van der Waals surface area (Å²) in [6, 6.07) is 66.0. The number of aryl methyl sites for hydroxylation is 1. The van der Waals surface area contributed by atoms with E-state index in [1.807, 2.05) is 217 Å². The number of likely N-dealkylation sites (tertiary alicyclic amines) is 4. The minimum Gasteiger partial charge on any atom is -0.497 e. The smallest absolute Gasteiger partial charge is 0.259 e. The molecule has 23 heteroatoms. The van der Waals surface area contributed by atoms with E-state index in [1.54, 1.807) is 69.6 Å². The Kier molecular flexibility index (Phi) is 22.2. The molecular formula is C86H85ClFN11O10. The number of β-amino-alcohol motifs (C(OH)–C–C–N with tert-alkyl or cyclic N) is 4. The van der Waals surface area contributed by atoms with Gasteiger partial charge in [0.2, 0.25) is 0 Å². The van der Waals surface area contributed by atoms with Crippen molar-refractivity contribution in [3.8, 4) is 50.8 Å². The van der Waals surface area contributed by atoms with Crippen LogP contribution in [0.2, 0.25) is 5.02 Å². The highest BCUT2D eigenvalue weighted by Crippen LogP contribution is 2.42. The number of ether oxygens (including phenoxy) is 1. The van der Waals surface area contributed by atoms with Gasteiger partial charge in [0, 0.05) is 77.1 Å². The van der Waals surface area contributed by atoms with Crippen LogP contribution in [0.15, 0.2) is 248 Å². The Morgan fingerprint density at radius 2 is 0.716 bits per heavy atom. The highest BCUT2D eigenvalue weighted by atomic mass is 35.5. The molecule has 21 nitrogen and oxygen atoms in total. The molecule has 4 fully saturated rings. The van der Waals surface area contributed by atoms with E-state index in [9.17, 15) is 44.0 Å². The highest BCUT2D eigenvalue weighted by molar-refractivity contribution is 6.30. The predicted octanol–water partition coefficient (Wildman–Crippen LogP) is 14.2. The van der Waals surface area contributed by atoms with E-state index < -0.39 is 22.4 Å². The molecule has 8 unspecified atom stereocenters. The summed E-state index contributed by atoms with van der Waals surface area (Å²) >= 11 is 5.96. The summed E-state index contributed by atoms with van der Waals surface area (Å²) in [5.74, 6) is 0.00686. The minimum absolute atomic E-state index is 0.0662. The number of carbonyl (C=O) groups excluding carboxylic acids is 4. The molecule has 0 spiro atoms. The average molecular weight is 1490 g/mol. The van der Waals surface area contributed by atoms with Gasteiger partial charge in [-0.15, -0.1) is 0 Å². The zero-order valence-corrected chi connectivity index (χ0v) is 61.9. The maximum atomic E-state index is 13.3. The van der Waals surface area contributed by atoms with Crippen LogP contribution in [-0.4, -0.2) is 157 Å². The molecule has 0 aliphatic carbocycles. The summed E-state index contributed by atoms with van der Waals surface area (Å²) in [6.45, 7) is 10.8. The van der Waals surface area contributed by atoms with Gasteiger partial charge in [0.05, 0.1) is 91.8 Å². The van der Waals surface area contributed by atoms with Gasteiger partial charge < -0.3 is 49.3 Å². The Morgan fingerprint density at radius 3 is 1.04 bits per heavy atom. The third kappa shape index (κ3) is 16.2. The number of nitrogens with one attached hydrogen (secondary N) is 3. The number of aromatic amines is 3. The molecule has 12 aromatic rings. The summed E-state index contributed by atoms with van der Waals surface area (Å²) in [7, 11) is 1.61. The molecule has 8 aromatic carbocycles. The fraction of sp³-hybridized carbons (Fsp3) is 0.256. The molecule has 4 aliphatic rings. The van der Waals surface area contributed by atoms with E-state index in [2.05, 4.69) is 35.7 Å². The number of rotatable bonds is 13. The van der Waals surface area contributed by atoms with Crippen LogP contribution < -0.4 is 4.74 Å². The van der Waals surface area contributed by atoms with Gasteiger partial charge in [-0.3, -0.25) is 34.5 Å². The summed E-state index contributed by atoms with van der Waals surface area (Å²) < 4.78 is 23.6. The first-order valence-corrected chi connectivity index (χ1v) is 36.5. The van der Waals surface area contributed by atoms with Crippen molar-refractivity contribution in [1.82, 2.24) is 55.3 Å². The van der Waals surface area contributed by atoms with Gasteiger partial charge in [0.1, 0.15) is 39.5 Å². The Labute approximate surface area is 635 Å². The molecule has 0 radical (unpaired) electrons. The topological polar surface area (TPSA) is 283 Å². The van der Waals surface area contributed by atoms with E-state index in [-0.39, 0.29) is 79.8 Å². The van der Waals surface area contributed by atoms with Gasteiger partial charge in [-0.1, -0.05) is 180 Å². The number of methoxy groups -OCH3 is 1. The second-order valence-electron chi connectivity index (χ2n) is 28.7. The Hall–Kier alpha value is -11.7. The van der Waals surface area contributed by atoms with Crippen LogP contribution >= 0.6 is 11.6 Å². The highest BCUT2D eigenvalue weighted by Gasteiger charge is 2.49. The summed E-state index contributed by atoms with van der Waals surface area (Å²) in [5.41, 5.74) is 7.28. The predicted molar refractivity (Wildman–Crippen MR) is 412 cm³/mol. The molecule has 8 heterocycles. The molecule has 109 heavy (non-hydrogen) atoms. The lowest BCUT2D eigenvalue weighted by atomic mass is 9.92. The quantitative estimate of drug-likeness (QED) is 0.0565. The van der Waals surface area contributed by atoms with Crippen molar-refractivity contribution in [2.75, 3.05) is 33.3 Å². The lowest BCUT2D eigenvalue weighted by molar-refractivity contribution is 0.0417. The molecule has 558 valence electrons. The minimum atomic E-state index is -1.09. The molecule has 8 atom stereocenters. The van der Waals surface area contributed by atoms with Gasteiger partial charge >= 0.3 is 0 Å². The van der Waals surface area contributed by atoms with Crippen LogP contribution in [0.1, 0.15) is 123 Å². The van der Waals surface area contributed by atoms with Crippen LogP contribution in [-0.2, 0) is 22.4 Å². The molecule has 4 aliphatic heterocycles. The van der Waals surface area contributed by atoms with Crippen molar-refractivity contribution in [2.45, 2.75) is 107 Å². The lowest BCUT2D eigenvalue weighted by Gasteiger charge is -2.24. The number of benzene rings is 8. The molecule has 7 N–H and O–H groups in total. The monoisotopic (exact) mass is 1490 g/mol. The molecule has 0 saturated carbocycles. The summed E-state index contributed by atoms with van der Waals surface area (Å²) in [6.07, 6.45) is 7.99. The number of hydrogen-bond donors (Lipinski definition) is 7. The SMILES string of the molecule is CC1CC(O)(c2ccccc2)CN1C(=O)c1cn[nH]c1-c1ccc(Cl)cc1.CC1CC(O)(c2ccccc2)CN1C(=O)c1cnoc1-c1ccc(F)cc1.COc1ccc(-c2[nH]ncc2C(=O)N2CC(O)(c3ccccc3)CC2C)cc1.Cc1ccc(-c2[nH]ncc2C(=O)N2CC(O)(c3ccccc3)CC2C)cc1. The number of nitrogens with zero attached hydrogens (tertiary/aromatic N) is 8.